The molecule has 0 bridgehead atoms. The zero-order chi connectivity index (χ0) is 20.3. The number of piperidine rings is 1. The SMILES string of the molecule is CC(=O)N1CCC(c2noc(CCNS(=O)(=O)c3cc(F)ccc3C)n2)CC1. The third kappa shape index (κ3) is 4.74. The van der Waals surface area contributed by atoms with E-state index in [0.29, 0.717) is 30.4 Å². The lowest BCUT2D eigenvalue weighted by molar-refractivity contribution is -0.129. The maximum absolute atomic E-state index is 13.4. The van der Waals surface area contributed by atoms with Crippen LogP contribution in [0.4, 0.5) is 4.39 Å². The van der Waals surface area contributed by atoms with Gasteiger partial charge in [0.05, 0.1) is 4.90 Å². The molecule has 1 fully saturated rings. The van der Waals surface area contributed by atoms with Crippen molar-refractivity contribution in [1.29, 1.82) is 0 Å². The van der Waals surface area contributed by atoms with Gasteiger partial charge in [-0.1, -0.05) is 11.2 Å². The third-order valence-corrected chi connectivity index (χ3v) is 6.46. The summed E-state index contributed by atoms with van der Waals surface area (Å²) >= 11 is 0. The van der Waals surface area contributed by atoms with Gasteiger partial charge in [0.2, 0.25) is 21.8 Å². The van der Waals surface area contributed by atoms with Crippen LogP contribution in [-0.4, -0.2) is 49.0 Å². The first-order valence-corrected chi connectivity index (χ1v) is 10.6. The molecule has 2 aromatic rings. The van der Waals surface area contributed by atoms with Crippen molar-refractivity contribution in [3.8, 4) is 0 Å². The van der Waals surface area contributed by atoms with E-state index in [1.807, 2.05) is 0 Å². The number of likely N-dealkylation sites (tertiary alicyclic amines) is 1. The van der Waals surface area contributed by atoms with Crippen LogP contribution in [-0.2, 0) is 21.2 Å². The summed E-state index contributed by atoms with van der Waals surface area (Å²) in [6, 6.07) is 3.64. The number of halogens is 1. The number of amides is 1. The molecule has 1 aromatic heterocycles. The lowest BCUT2D eigenvalue weighted by Gasteiger charge is -2.29. The summed E-state index contributed by atoms with van der Waals surface area (Å²) in [5, 5.41) is 3.99. The molecule has 1 N–H and O–H groups in total. The summed E-state index contributed by atoms with van der Waals surface area (Å²) in [5.74, 6) is 0.501. The van der Waals surface area contributed by atoms with Gasteiger partial charge in [-0.15, -0.1) is 0 Å². The van der Waals surface area contributed by atoms with Crippen LogP contribution in [0.3, 0.4) is 0 Å². The number of sulfonamides is 1. The number of nitrogens with zero attached hydrogens (tertiary/aromatic N) is 3. The quantitative estimate of drug-likeness (QED) is 0.778. The Morgan fingerprint density at radius 3 is 2.75 bits per heavy atom. The fraction of sp³-hybridized carbons (Fsp3) is 0.500. The van der Waals surface area contributed by atoms with E-state index in [4.69, 9.17) is 4.52 Å². The van der Waals surface area contributed by atoms with Crippen LogP contribution in [0.1, 0.15) is 43.0 Å². The van der Waals surface area contributed by atoms with Crippen LogP contribution >= 0.6 is 0 Å². The molecule has 0 aliphatic carbocycles. The zero-order valence-corrected chi connectivity index (χ0v) is 16.6. The highest BCUT2D eigenvalue weighted by Gasteiger charge is 2.25. The first-order valence-electron chi connectivity index (χ1n) is 9.10. The molecule has 1 aliphatic rings. The number of nitrogens with one attached hydrogen (secondary N) is 1. The first-order chi connectivity index (χ1) is 13.3. The molecule has 0 unspecified atom stereocenters. The normalized spacial score (nSPS) is 15.8. The predicted octanol–water partition coefficient (Wildman–Crippen LogP) is 1.76. The summed E-state index contributed by atoms with van der Waals surface area (Å²) in [6.07, 6.45) is 1.76. The second kappa shape index (κ2) is 8.36. The Labute approximate surface area is 163 Å². The molecule has 0 spiro atoms. The van der Waals surface area contributed by atoms with Crippen molar-refractivity contribution in [2.45, 2.75) is 43.9 Å². The van der Waals surface area contributed by atoms with Gasteiger partial charge in [-0.3, -0.25) is 4.79 Å². The lowest BCUT2D eigenvalue weighted by Crippen LogP contribution is -2.36. The highest BCUT2D eigenvalue weighted by Crippen LogP contribution is 2.26. The zero-order valence-electron chi connectivity index (χ0n) is 15.8. The van der Waals surface area contributed by atoms with E-state index in [9.17, 15) is 17.6 Å². The Kier molecular flexibility index (Phi) is 6.09. The van der Waals surface area contributed by atoms with Crippen LogP contribution < -0.4 is 4.72 Å². The summed E-state index contributed by atoms with van der Waals surface area (Å²) < 4.78 is 45.7. The van der Waals surface area contributed by atoms with E-state index in [0.717, 1.165) is 18.9 Å². The van der Waals surface area contributed by atoms with Gasteiger partial charge in [0.25, 0.3) is 0 Å². The molecule has 8 nitrogen and oxygen atoms in total. The minimum absolute atomic E-state index is 0.0582. The average Bonchev–Trinajstić information content (AvgIpc) is 3.12. The fourth-order valence-electron chi connectivity index (χ4n) is 3.22. The Balaban J connectivity index is 1.55. The molecular formula is C18H23FN4O4S. The van der Waals surface area contributed by atoms with Gasteiger partial charge < -0.3 is 9.42 Å². The third-order valence-electron chi connectivity index (χ3n) is 4.86. The maximum Gasteiger partial charge on any atom is 0.240 e. The Bertz CT molecular complexity index is 952. The summed E-state index contributed by atoms with van der Waals surface area (Å²) in [6.45, 7) is 4.55. The molecule has 1 aliphatic heterocycles. The molecule has 1 aromatic carbocycles. The van der Waals surface area contributed by atoms with Gasteiger partial charge in [0.1, 0.15) is 5.82 Å². The molecular weight excluding hydrogens is 387 g/mol. The Hall–Kier alpha value is -2.33. The number of rotatable bonds is 6. The van der Waals surface area contributed by atoms with Crippen molar-refractivity contribution in [2.75, 3.05) is 19.6 Å². The maximum atomic E-state index is 13.4. The molecule has 28 heavy (non-hydrogen) atoms. The topological polar surface area (TPSA) is 105 Å². The number of benzene rings is 1. The van der Waals surface area contributed by atoms with Crippen molar-refractivity contribution in [3.63, 3.8) is 0 Å². The van der Waals surface area contributed by atoms with Crippen molar-refractivity contribution in [3.05, 3.63) is 41.3 Å². The second-order valence-electron chi connectivity index (χ2n) is 6.88. The van der Waals surface area contributed by atoms with Gasteiger partial charge in [0.15, 0.2) is 5.82 Å². The predicted molar refractivity (Wildman–Crippen MR) is 98.6 cm³/mol. The van der Waals surface area contributed by atoms with Gasteiger partial charge in [-0.05, 0) is 37.5 Å². The molecule has 3 rings (SSSR count). The Morgan fingerprint density at radius 2 is 2.07 bits per heavy atom. The van der Waals surface area contributed by atoms with Crippen LogP contribution in [0.15, 0.2) is 27.6 Å². The van der Waals surface area contributed by atoms with Crippen LogP contribution in [0.5, 0.6) is 0 Å². The van der Waals surface area contributed by atoms with E-state index >= 15 is 0 Å². The highest BCUT2D eigenvalue weighted by molar-refractivity contribution is 7.89. The number of hydrogen-bond donors (Lipinski definition) is 1. The molecule has 0 atom stereocenters. The van der Waals surface area contributed by atoms with Crippen LogP contribution in [0, 0.1) is 12.7 Å². The number of hydrogen-bond acceptors (Lipinski definition) is 6. The van der Waals surface area contributed by atoms with Crippen LogP contribution in [0.2, 0.25) is 0 Å². The van der Waals surface area contributed by atoms with Crippen molar-refractivity contribution in [1.82, 2.24) is 19.8 Å². The first kappa shape index (κ1) is 20.4. The number of carbonyl (C=O) groups is 1. The lowest BCUT2D eigenvalue weighted by atomic mass is 9.96. The minimum atomic E-state index is -3.83. The largest absolute Gasteiger partial charge is 0.343 e. The summed E-state index contributed by atoms with van der Waals surface area (Å²) in [4.78, 5) is 17.4. The van der Waals surface area contributed by atoms with E-state index in [-0.39, 0.29) is 29.7 Å². The van der Waals surface area contributed by atoms with Crippen LogP contribution in [0.25, 0.3) is 0 Å². The number of aromatic nitrogens is 2. The molecule has 0 saturated carbocycles. The fourth-order valence-corrected chi connectivity index (χ4v) is 4.51. The van der Waals surface area contributed by atoms with Gasteiger partial charge in [-0.25, -0.2) is 17.5 Å². The smallest absolute Gasteiger partial charge is 0.240 e. The number of carbonyl (C=O) groups excluding carboxylic acids is 1. The average molecular weight is 410 g/mol. The second-order valence-corrected chi connectivity index (χ2v) is 8.62. The van der Waals surface area contributed by atoms with Crippen molar-refractivity contribution in [2.24, 2.45) is 0 Å². The molecule has 10 heteroatoms. The molecule has 2 heterocycles. The molecule has 0 radical (unpaired) electrons. The summed E-state index contributed by atoms with van der Waals surface area (Å²) in [7, 11) is -3.83. The van der Waals surface area contributed by atoms with E-state index in [2.05, 4.69) is 14.9 Å². The molecule has 1 amide bonds. The van der Waals surface area contributed by atoms with Gasteiger partial charge >= 0.3 is 0 Å². The van der Waals surface area contributed by atoms with Gasteiger partial charge in [-0.2, -0.15) is 4.98 Å². The number of aryl methyl sites for hydroxylation is 1. The summed E-state index contributed by atoms with van der Waals surface area (Å²) in [5.41, 5.74) is 0.464. The van der Waals surface area contributed by atoms with E-state index in [1.54, 1.807) is 18.7 Å². The standard InChI is InChI=1S/C18H23FN4O4S/c1-12-3-4-15(19)11-16(12)28(25,26)20-8-5-17-21-18(22-27-17)14-6-9-23(10-7-14)13(2)24/h3-4,11,14,20H,5-10H2,1-2H3. The van der Waals surface area contributed by atoms with Crippen molar-refractivity contribution >= 4 is 15.9 Å². The molecule has 152 valence electrons. The van der Waals surface area contributed by atoms with E-state index < -0.39 is 15.8 Å². The van der Waals surface area contributed by atoms with E-state index in [1.165, 1.54) is 12.1 Å². The van der Waals surface area contributed by atoms with Crippen molar-refractivity contribution < 1.29 is 22.1 Å². The molecule has 1 saturated heterocycles. The highest BCUT2D eigenvalue weighted by atomic mass is 32.2. The Morgan fingerprint density at radius 1 is 1.36 bits per heavy atom. The monoisotopic (exact) mass is 410 g/mol. The van der Waals surface area contributed by atoms with Gasteiger partial charge in [0, 0.05) is 38.9 Å². The minimum Gasteiger partial charge on any atom is -0.343 e.